The topological polar surface area (TPSA) is 84.9 Å². The van der Waals surface area contributed by atoms with Crippen LogP contribution in [0, 0.1) is 11.3 Å². The van der Waals surface area contributed by atoms with Crippen molar-refractivity contribution >= 4 is 18.0 Å². The van der Waals surface area contributed by atoms with E-state index in [-0.39, 0.29) is 18.4 Å². The molecule has 0 aliphatic carbocycles. The first-order valence-corrected chi connectivity index (χ1v) is 9.80. The van der Waals surface area contributed by atoms with Crippen LogP contribution in [0.3, 0.4) is 0 Å². The summed E-state index contributed by atoms with van der Waals surface area (Å²) in [6, 6.07) is 8.49. The van der Waals surface area contributed by atoms with Crippen LogP contribution in [0.1, 0.15) is 46.6 Å². The largest absolute Gasteiger partial charge is 0.458 e. The molecule has 1 unspecified atom stereocenters. The van der Waals surface area contributed by atoms with Crippen LogP contribution in [-0.2, 0) is 25.7 Å². The van der Waals surface area contributed by atoms with Crippen LogP contribution in [0.4, 0.5) is 4.79 Å². The van der Waals surface area contributed by atoms with Gasteiger partial charge in [-0.05, 0) is 23.3 Å². The molecule has 0 radical (unpaired) electrons. The van der Waals surface area contributed by atoms with Gasteiger partial charge in [0.2, 0.25) is 12.0 Å². The molecular weight excluding hydrogens is 372 g/mol. The van der Waals surface area contributed by atoms with Crippen LogP contribution in [0.15, 0.2) is 30.3 Å². The number of benzene rings is 1. The molecule has 2 amide bonds. The van der Waals surface area contributed by atoms with Crippen LogP contribution in [0.5, 0.6) is 0 Å². The molecule has 0 aliphatic rings. The second-order valence-electron chi connectivity index (χ2n) is 8.79. The monoisotopic (exact) mass is 406 g/mol. The SMILES string of the molecule is CC(C)CC(OC(=O)N[C@H](C(=O)N(C)C)C(C)(C)C)C(=O)OCc1ccccc1. The summed E-state index contributed by atoms with van der Waals surface area (Å²) in [5.41, 5.74) is 0.319. The summed E-state index contributed by atoms with van der Waals surface area (Å²) in [6.45, 7) is 9.48. The second-order valence-corrected chi connectivity index (χ2v) is 8.79. The Kier molecular flexibility index (Phi) is 9.14. The second kappa shape index (κ2) is 10.8. The molecule has 1 aromatic carbocycles. The molecule has 0 bridgehead atoms. The molecule has 0 spiro atoms. The summed E-state index contributed by atoms with van der Waals surface area (Å²) in [7, 11) is 3.24. The number of nitrogens with one attached hydrogen (secondary N) is 1. The van der Waals surface area contributed by atoms with Gasteiger partial charge in [-0.2, -0.15) is 0 Å². The van der Waals surface area contributed by atoms with Crippen molar-refractivity contribution in [2.24, 2.45) is 11.3 Å². The minimum atomic E-state index is -1.05. The fourth-order valence-corrected chi connectivity index (χ4v) is 2.63. The quantitative estimate of drug-likeness (QED) is 0.669. The van der Waals surface area contributed by atoms with Gasteiger partial charge in [-0.25, -0.2) is 9.59 Å². The number of hydrogen-bond donors (Lipinski definition) is 1. The van der Waals surface area contributed by atoms with E-state index in [1.165, 1.54) is 4.90 Å². The highest BCUT2D eigenvalue weighted by molar-refractivity contribution is 5.87. The maximum absolute atomic E-state index is 12.5. The van der Waals surface area contributed by atoms with Crippen LogP contribution >= 0.6 is 0 Å². The highest BCUT2D eigenvalue weighted by Gasteiger charge is 2.35. The molecule has 1 N–H and O–H groups in total. The third-order valence-electron chi connectivity index (χ3n) is 4.24. The van der Waals surface area contributed by atoms with Crippen molar-refractivity contribution in [2.75, 3.05) is 14.1 Å². The van der Waals surface area contributed by atoms with Gasteiger partial charge in [0.25, 0.3) is 0 Å². The molecule has 7 nitrogen and oxygen atoms in total. The lowest BCUT2D eigenvalue weighted by atomic mass is 9.86. The smallest absolute Gasteiger partial charge is 0.408 e. The van der Waals surface area contributed by atoms with Crippen molar-refractivity contribution in [3.63, 3.8) is 0 Å². The highest BCUT2D eigenvalue weighted by atomic mass is 16.6. The molecule has 0 saturated carbocycles. The van der Waals surface area contributed by atoms with E-state index in [1.54, 1.807) is 14.1 Å². The standard InChI is InChI=1S/C22H34N2O5/c1-15(2)13-17(20(26)28-14-16-11-9-8-10-12-16)29-21(27)23-18(22(3,4)5)19(25)24(6)7/h8-12,15,17-18H,13-14H2,1-7H3,(H,23,27)/t17?,18-/m1/s1. The van der Waals surface area contributed by atoms with Crippen LogP contribution in [0.25, 0.3) is 0 Å². The number of carbonyl (C=O) groups excluding carboxylic acids is 3. The number of esters is 1. The van der Waals surface area contributed by atoms with Gasteiger partial charge < -0.3 is 19.7 Å². The van der Waals surface area contributed by atoms with Gasteiger partial charge in [0.05, 0.1) is 0 Å². The molecule has 0 saturated heterocycles. The lowest BCUT2D eigenvalue weighted by Crippen LogP contribution is -2.54. The van der Waals surface area contributed by atoms with E-state index in [2.05, 4.69) is 5.32 Å². The summed E-state index contributed by atoms with van der Waals surface area (Å²) >= 11 is 0. The van der Waals surface area contributed by atoms with Gasteiger partial charge in [0.15, 0.2) is 0 Å². The normalized spacial score (nSPS) is 13.4. The molecule has 1 aromatic rings. The molecule has 0 aromatic heterocycles. The van der Waals surface area contributed by atoms with E-state index in [9.17, 15) is 14.4 Å². The minimum Gasteiger partial charge on any atom is -0.458 e. The van der Waals surface area contributed by atoms with E-state index < -0.39 is 29.6 Å². The fourth-order valence-electron chi connectivity index (χ4n) is 2.63. The predicted molar refractivity (Wildman–Crippen MR) is 111 cm³/mol. The Bertz CT molecular complexity index is 680. The predicted octanol–water partition coefficient (Wildman–Crippen LogP) is 3.37. The average molecular weight is 407 g/mol. The number of carbonyl (C=O) groups is 3. The summed E-state index contributed by atoms with van der Waals surface area (Å²) in [5, 5.41) is 2.61. The third-order valence-corrected chi connectivity index (χ3v) is 4.24. The first kappa shape index (κ1) is 24.5. The van der Waals surface area contributed by atoms with Crippen LogP contribution < -0.4 is 5.32 Å². The number of hydrogen-bond acceptors (Lipinski definition) is 5. The van der Waals surface area contributed by atoms with E-state index in [4.69, 9.17) is 9.47 Å². The molecule has 1 rings (SSSR count). The molecular formula is C22H34N2O5. The average Bonchev–Trinajstić information content (AvgIpc) is 2.62. The van der Waals surface area contributed by atoms with E-state index in [1.807, 2.05) is 65.0 Å². The van der Waals surface area contributed by atoms with E-state index in [0.717, 1.165) is 5.56 Å². The number of nitrogens with zero attached hydrogens (tertiary/aromatic N) is 1. The Morgan fingerprint density at radius 2 is 1.66 bits per heavy atom. The van der Waals surface area contributed by atoms with Gasteiger partial charge in [0, 0.05) is 14.1 Å². The van der Waals surface area contributed by atoms with Crippen molar-refractivity contribution < 1.29 is 23.9 Å². The van der Waals surface area contributed by atoms with Gasteiger partial charge in [-0.15, -0.1) is 0 Å². The third kappa shape index (κ3) is 8.54. The van der Waals surface area contributed by atoms with Gasteiger partial charge in [0.1, 0.15) is 12.6 Å². The van der Waals surface area contributed by atoms with Crippen LogP contribution in [0.2, 0.25) is 0 Å². The molecule has 0 aliphatic heterocycles. The zero-order valence-corrected chi connectivity index (χ0v) is 18.5. The minimum absolute atomic E-state index is 0.100. The summed E-state index contributed by atoms with van der Waals surface area (Å²) < 4.78 is 10.7. The van der Waals surface area contributed by atoms with Gasteiger partial charge in [-0.3, -0.25) is 4.79 Å². The summed E-state index contributed by atoms with van der Waals surface area (Å²) in [6.07, 6.45) is -1.54. The Labute approximate surface area is 173 Å². The molecule has 0 heterocycles. The number of rotatable bonds is 8. The summed E-state index contributed by atoms with van der Waals surface area (Å²) in [4.78, 5) is 38.9. The Morgan fingerprint density at radius 1 is 1.07 bits per heavy atom. The zero-order valence-electron chi connectivity index (χ0n) is 18.5. The first-order valence-electron chi connectivity index (χ1n) is 9.80. The van der Waals surface area contributed by atoms with Gasteiger partial charge in [-0.1, -0.05) is 65.0 Å². The highest BCUT2D eigenvalue weighted by Crippen LogP contribution is 2.21. The number of likely N-dealkylation sites (N-methyl/N-ethyl adjacent to an activating group) is 1. The van der Waals surface area contributed by atoms with E-state index in [0.29, 0.717) is 6.42 Å². The number of alkyl carbamates (subject to hydrolysis) is 1. The lowest BCUT2D eigenvalue weighted by Gasteiger charge is -2.32. The van der Waals surface area contributed by atoms with E-state index >= 15 is 0 Å². The van der Waals surface area contributed by atoms with Crippen molar-refractivity contribution in [2.45, 2.75) is 59.8 Å². The fraction of sp³-hybridized carbons (Fsp3) is 0.591. The molecule has 0 fully saturated rings. The van der Waals surface area contributed by atoms with Gasteiger partial charge >= 0.3 is 12.1 Å². The maximum atomic E-state index is 12.5. The molecule has 29 heavy (non-hydrogen) atoms. The Balaban J connectivity index is 2.80. The lowest BCUT2D eigenvalue weighted by molar-refractivity contribution is -0.156. The Morgan fingerprint density at radius 3 is 2.14 bits per heavy atom. The summed E-state index contributed by atoms with van der Waals surface area (Å²) in [5.74, 6) is -0.746. The first-order chi connectivity index (χ1) is 13.4. The number of amides is 2. The number of ether oxygens (including phenoxy) is 2. The van der Waals surface area contributed by atoms with Crippen molar-refractivity contribution in [1.29, 1.82) is 0 Å². The van der Waals surface area contributed by atoms with Crippen molar-refractivity contribution in [3.05, 3.63) is 35.9 Å². The molecule has 2 atom stereocenters. The Hall–Kier alpha value is -2.57. The molecule has 162 valence electrons. The molecule has 7 heteroatoms. The zero-order chi connectivity index (χ0) is 22.2. The van der Waals surface area contributed by atoms with Crippen molar-refractivity contribution in [1.82, 2.24) is 10.2 Å². The maximum Gasteiger partial charge on any atom is 0.408 e. The van der Waals surface area contributed by atoms with Crippen LogP contribution in [-0.4, -0.2) is 49.1 Å². The van der Waals surface area contributed by atoms with Crippen molar-refractivity contribution in [3.8, 4) is 0 Å².